The summed E-state index contributed by atoms with van der Waals surface area (Å²) in [4.78, 5) is 29.4. The number of aromatic nitrogens is 4. The van der Waals surface area contributed by atoms with E-state index in [2.05, 4.69) is 20.6 Å². The molecule has 6 rings (SSSR count). The smallest absolute Gasteiger partial charge is 0.237 e. The third kappa shape index (κ3) is 5.72. The van der Waals surface area contributed by atoms with Crippen LogP contribution in [-0.4, -0.2) is 53.8 Å². The Morgan fingerprint density at radius 3 is 2.54 bits per heavy atom. The lowest BCUT2D eigenvalue weighted by Crippen LogP contribution is -2.29. The van der Waals surface area contributed by atoms with E-state index in [1.165, 1.54) is 19.2 Å². The van der Waals surface area contributed by atoms with Crippen molar-refractivity contribution in [3.05, 3.63) is 82.5 Å². The monoisotopic (exact) mass is 679 g/mol. The molecule has 0 spiro atoms. The zero-order chi connectivity index (χ0) is 32.8. The Kier molecular flexibility index (Phi) is 8.30. The molecule has 1 aliphatic rings. The summed E-state index contributed by atoms with van der Waals surface area (Å²) in [5.74, 6) is 1.46. The Hall–Kier alpha value is -4.39. The second-order valence-corrected chi connectivity index (χ2v) is 14.1. The van der Waals surface area contributed by atoms with E-state index in [0.29, 0.717) is 51.6 Å². The van der Waals surface area contributed by atoms with Crippen molar-refractivity contribution in [1.29, 1.82) is 0 Å². The van der Waals surface area contributed by atoms with Gasteiger partial charge in [-0.3, -0.25) is 10.1 Å². The number of nitrogens with one attached hydrogen (secondary N) is 2. The van der Waals surface area contributed by atoms with E-state index in [9.17, 15) is 13.2 Å². The average Bonchev–Trinajstić information content (AvgIpc) is 3.81. The number of hydrogen-bond donors (Lipinski definition) is 2. The Balaban J connectivity index is 1.28. The standard InChI is InChI=1S/C32H31Cl2N7O4S/c1-5-46(43,44)20-10-12-26(45-4)23(18-20)36-30-35-16-13-27(37-30)40(2)24-7-6-8-25-28(24)38-31(41(25)3)39-29(42)32(14-15-32)19-9-11-21(33)22(34)17-19/h6-13,16-18H,5,14-15H2,1-4H3,(H,35,36,37)(H,38,39,42). The van der Waals surface area contributed by atoms with Crippen LogP contribution in [0.4, 0.5) is 29.1 Å². The number of hydrogen-bond acceptors (Lipinski definition) is 9. The molecule has 0 radical (unpaired) electrons. The molecule has 0 atom stereocenters. The summed E-state index contributed by atoms with van der Waals surface area (Å²) in [5.41, 5.74) is 2.78. The molecule has 0 unspecified atom stereocenters. The van der Waals surface area contributed by atoms with Gasteiger partial charge in [-0.25, -0.2) is 18.4 Å². The number of carbonyl (C=O) groups excluding carboxylic acids is 1. The number of para-hydroxylation sites is 1. The van der Waals surface area contributed by atoms with E-state index in [4.69, 9.17) is 32.9 Å². The number of anilines is 5. The van der Waals surface area contributed by atoms with Gasteiger partial charge in [-0.1, -0.05) is 42.3 Å². The number of nitrogens with zero attached hydrogens (tertiary/aromatic N) is 5. The van der Waals surface area contributed by atoms with Gasteiger partial charge in [0.1, 0.15) is 17.1 Å². The summed E-state index contributed by atoms with van der Waals surface area (Å²) in [6.07, 6.45) is 3.00. The van der Waals surface area contributed by atoms with Gasteiger partial charge in [0.25, 0.3) is 0 Å². The number of halogens is 2. The summed E-state index contributed by atoms with van der Waals surface area (Å²) in [5, 5.41) is 6.99. The van der Waals surface area contributed by atoms with Crippen molar-refractivity contribution in [1.82, 2.24) is 19.5 Å². The molecule has 1 amide bonds. The van der Waals surface area contributed by atoms with Gasteiger partial charge in [0.15, 0.2) is 9.84 Å². The third-order valence-electron chi connectivity index (χ3n) is 8.27. The highest BCUT2D eigenvalue weighted by Gasteiger charge is 2.51. The molecule has 3 aromatic carbocycles. The van der Waals surface area contributed by atoms with Crippen LogP contribution in [0.25, 0.3) is 11.0 Å². The number of rotatable bonds is 10. The summed E-state index contributed by atoms with van der Waals surface area (Å²) in [6, 6.07) is 17.4. The van der Waals surface area contributed by atoms with Crippen LogP contribution in [0.5, 0.6) is 5.75 Å². The zero-order valence-corrected chi connectivity index (χ0v) is 27.8. The summed E-state index contributed by atoms with van der Waals surface area (Å²) < 4.78 is 32.3. The molecule has 0 bridgehead atoms. The van der Waals surface area contributed by atoms with Crippen molar-refractivity contribution in [2.75, 3.05) is 35.4 Å². The maximum atomic E-state index is 13.6. The molecule has 238 valence electrons. The van der Waals surface area contributed by atoms with Gasteiger partial charge in [-0.05, 0) is 66.9 Å². The predicted octanol–water partition coefficient (Wildman–Crippen LogP) is 6.65. The normalized spacial score (nSPS) is 13.8. The highest BCUT2D eigenvalue weighted by atomic mass is 35.5. The number of fused-ring (bicyclic) bond motifs is 1. The summed E-state index contributed by atoms with van der Waals surface area (Å²) >= 11 is 12.4. The lowest BCUT2D eigenvalue weighted by Gasteiger charge is -2.19. The fourth-order valence-corrected chi connectivity index (χ4v) is 6.56. The number of amides is 1. The first-order valence-corrected chi connectivity index (χ1v) is 16.9. The molecule has 5 aromatic rings. The minimum absolute atomic E-state index is 0.0297. The Morgan fingerprint density at radius 1 is 1.07 bits per heavy atom. The Morgan fingerprint density at radius 2 is 1.85 bits per heavy atom. The maximum Gasteiger partial charge on any atom is 0.237 e. The van der Waals surface area contributed by atoms with Crippen molar-refractivity contribution in [3.8, 4) is 5.75 Å². The minimum Gasteiger partial charge on any atom is -0.495 e. The number of sulfone groups is 1. The van der Waals surface area contributed by atoms with E-state index in [0.717, 1.165) is 16.8 Å². The van der Waals surface area contributed by atoms with Gasteiger partial charge >= 0.3 is 0 Å². The molecule has 2 N–H and O–H groups in total. The van der Waals surface area contributed by atoms with Gasteiger partial charge in [-0.2, -0.15) is 4.98 Å². The number of benzene rings is 3. The van der Waals surface area contributed by atoms with E-state index in [-0.39, 0.29) is 22.5 Å². The maximum absolute atomic E-state index is 13.6. The number of imidazole rings is 1. The third-order valence-corrected chi connectivity index (χ3v) is 10.7. The summed E-state index contributed by atoms with van der Waals surface area (Å²) in [7, 11) is 1.76. The molecule has 0 aliphatic heterocycles. The first kappa shape index (κ1) is 31.6. The number of ether oxygens (including phenoxy) is 1. The molecule has 1 fully saturated rings. The van der Waals surface area contributed by atoms with Gasteiger partial charge < -0.3 is 19.5 Å². The predicted molar refractivity (Wildman–Crippen MR) is 181 cm³/mol. The van der Waals surface area contributed by atoms with E-state index in [1.807, 2.05) is 47.8 Å². The quantitative estimate of drug-likeness (QED) is 0.166. The SMILES string of the molecule is CCS(=O)(=O)c1ccc(OC)c(Nc2nccc(N(C)c3cccc4c3nc(NC(=O)C3(c5ccc(Cl)c(Cl)c5)CC3)n4C)n2)c1. The minimum atomic E-state index is -3.44. The number of aryl methyl sites for hydroxylation is 1. The van der Waals surface area contributed by atoms with E-state index in [1.54, 1.807) is 37.4 Å². The van der Waals surface area contributed by atoms with Crippen LogP contribution in [-0.2, 0) is 27.1 Å². The van der Waals surface area contributed by atoms with Crippen LogP contribution >= 0.6 is 23.2 Å². The van der Waals surface area contributed by atoms with Crippen LogP contribution in [0.3, 0.4) is 0 Å². The largest absolute Gasteiger partial charge is 0.495 e. The molecule has 11 nitrogen and oxygen atoms in total. The van der Waals surface area contributed by atoms with Gasteiger partial charge in [-0.15, -0.1) is 0 Å². The number of methoxy groups -OCH3 is 1. The zero-order valence-electron chi connectivity index (χ0n) is 25.5. The first-order chi connectivity index (χ1) is 22.0. The Labute approximate surface area is 276 Å². The van der Waals surface area contributed by atoms with Crippen molar-refractivity contribution >= 4 is 79.1 Å². The molecular weight excluding hydrogens is 649 g/mol. The van der Waals surface area contributed by atoms with Crippen molar-refractivity contribution in [2.24, 2.45) is 7.05 Å². The second kappa shape index (κ2) is 12.1. The van der Waals surface area contributed by atoms with Crippen LogP contribution < -0.4 is 20.3 Å². The fourth-order valence-electron chi connectivity index (χ4n) is 5.35. The first-order valence-electron chi connectivity index (χ1n) is 14.4. The van der Waals surface area contributed by atoms with Crippen molar-refractivity contribution < 1.29 is 17.9 Å². The van der Waals surface area contributed by atoms with Crippen LogP contribution in [0.15, 0.2) is 71.8 Å². The van der Waals surface area contributed by atoms with Gasteiger partial charge in [0.05, 0.1) is 50.1 Å². The molecule has 2 aromatic heterocycles. The summed E-state index contributed by atoms with van der Waals surface area (Å²) in [6.45, 7) is 1.59. The highest BCUT2D eigenvalue weighted by molar-refractivity contribution is 7.91. The van der Waals surface area contributed by atoms with Crippen LogP contribution in [0, 0.1) is 0 Å². The van der Waals surface area contributed by atoms with E-state index >= 15 is 0 Å². The lowest BCUT2D eigenvalue weighted by atomic mass is 9.95. The van der Waals surface area contributed by atoms with Crippen molar-refractivity contribution in [3.63, 3.8) is 0 Å². The fraction of sp³-hybridized carbons (Fsp3) is 0.250. The molecule has 1 aliphatic carbocycles. The number of carbonyl (C=O) groups is 1. The lowest BCUT2D eigenvalue weighted by molar-refractivity contribution is -0.118. The molecular formula is C32H31Cl2N7O4S. The molecule has 14 heteroatoms. The van der Waals surface area contributed by atoms with E-state index < -0.39 is 15.3 Å². The molecule has 1 saturated carbocycles. The van der Waals surface area contributed by atoms with Crippen LogP contribution in [0.1, 0.15) is 25.3 Å². The average molecular weight is 681 g/mol. The van der Waals surface area contributed by atoms with Gasteiger partial charge in [0.2, 0.25) is 17.8 Å². The second-order valence-electron chi connectivity index (χ2n) is 11.0. The Bertz CT molecular complexity index is 2100. The molecule has 2 heterocycles. The molecule has 46 heavy (non-hydrogen) atoms. The highest BCUT2D eigenvalue weighted by Crippen LogP contribution is 2.50. The van der Waals surface area contributed by atoms with Gasteiger partial charge in [0, 0.05) is 20.3 Å². The topological polar surface area (TPSA) is 131 Å². The van der Waals surface area contributed by atoms with Crippen molar-refractivity contribution in [2.45, 2.75) is 30.1 Å². The van der Waals surface area contributed by atoms with Crippen LogP contribution in [0.2, 0.25) is 10.0 Å². The molecule has 0 saturated heterocycles.